The highest BCUT2D eigenvalue weighted by Gasteiger charge is 2.32. The van der Waals surface area contributed by atoms with Crippen molar-refractivity contribution in [2.24, 2.45) is 0 Å². The second kappa shape index (κ2) is 9.87. The Balaban J connectivity index is 0.00000145. The molecule has 6 nitrogen and oxygen atoms in total. The molecule has 0 saturated carbocycles. The molecule has 1 aliphatic rings. The number of amides is 2. The lowest BCUT2D eigenvalue weighted by atomic mass is 10.0. The third-order valence-corrected chi connectivity index (χ3v) is 4.27. The van der Waals surface area contributed by atoms with E-state index < -0.39 is 24.2 Å². The first-order chi connectivity index (χ1) is 13.9. The van der Waals surface area contributed by atoms with Crippen LogP contribution in [0, 0.1) is 0 Å². The van der Waals surface area contributed by atoms with Crippen molar-refractivity contribution in [1.82, 2.24) is 4.90 Å². The van der Waals surface area contributed by atoms with Gasteiger partial charge in [-0.25, -0.2) is 10.1 Å². The zero-order chi connectivity index (χ0) is 21.4. The summed E-state index contributed by atoms with van der Waals surface area (Å²) in [7, 11) is 0. The number of urea groups is 1. The van der Waals surface area contributed by atoms with Gasteiger partial charge in [-0.2, -0.15) is 0 Å². The molecule has 156 valence electrons. The predicted molar refractivity (Wildman–Crippen MR) is 96.7 cm³/mol. The number of halogens is 4. The average molecular weight is 414 g/mol. The topological polar surface area (TPSA) is 78.9 Å². The summed E-state index contributed by atoms with van der Waals surface area (Å²) in [5, 5.41) is 8.12. The van der Waals surface area contributed by atoms with Crippen LogP contribution in [0.3, 0.4) is 0 Å². The minimum Gasteiger partial charge on any atom is -0.406 e. The van der Waals surface area contributed by atoms with Gasteiger partial charge in [0.25, 0.3) is 0 Å². The van der Waals surface area contributed by atoms with Crippen molar-refractivity contribution < 1.29 is 37.3 Å². The average Bonchev–Trinajstić information content (AvgIpc) is 3.18. The van der Waals surface area contributed by atoms with E-state index in [2.05, 4.69) is 10.1 Å². The molecule has 1 saturated heterocycles. The van der Waals surface area contributed by atoms with Gasteiger partial charge in [0.05, 0.1) is 11.7 Å². The summed E-state index contributed by atoms with van der Waals surface area (Å²) in [4.78, 5) is 25.0. The number of likely N-dealkylation sites (tertiary alicyclic amines) is 1. The van der Waals surface area contributed by atoms with Gasteiger partial charge in [0.1, 0.15) is 12.0 Å². The maximum Gasteiger partial charge on any atom is 0.573 e. The number of rotatable bonds is 4. The van der Waals surface area contributed by atoms with Gasteiger partial charge in [-0.15, -0.1) is 13.2 Å². The van der Waals surface area contributed by atoms with Crippen molar-refractivity contribution in [3.05, 3.63) is 48.5 Å². The highest BCUT2D eigenvalue weighted by atomic mass is 19.4. The fraction of sp³-hybridized carbons (Fsp3) is 0.263. The summed E-state index contributed by atoms with van der Waals surface area (Å²) in [6, 6.07) is 11.6. The lowest BCUT2D eigenvalue weighted by Gasteiger charge is -2.22. The van der Waals surface area contributed by atoms with Crippen LogP contribution in [0.25, 0.3) is 11.1 Å². The number of aldehydes is 1. The number of benzene rings is 2. The number of carbonyl (C=O) groups is 2. The van der Waals surface area contributed by atoms with E-state index in [-0.39, 0.29) is 5.69 Å². The fourth-order valence-corrected chi connectivity index (χ4v) is 3.07. The van der Waals surface area contributed by atoms with Crippen molar-refractivity contribution >= 4 is 18.0 Å². The predicted octanol–water partition coefficient (Wildman–Crippen LogP) is 4.31. The molecule has 0 aliphatic carbocycles. The second-order valence-electron chi connectivity index (χ2n) is 6.09. The summed E-state index contributed by atoms with van der Waals surface area (Å²) in [6.07, 6.45) is -2.87. The highest BCUT2D eigenvalue weighted by Crippen LogP contribution is 2.34. The Morgan fingerprint density at radius 1 is 1.17 bits per heavy atom. The van der Waals surface area contributed by atoms with Crippen LogP contribution < -0.4 is 10.1 Å². The van der Waals surface area contributed by atoms with Crippen LogP contribution in [0.1, 0.15) is 12.8 Å². The van der Waals surface area contributed by atoms with Crippen molar-refractivity contribution in [2.45, 2.75) is 25.2 Å². The molecular weight excluding hydrogens is 396 g/mol. The molecule has 1 fully saturated rings. The van der Waals surface area contributed by atoms with Gasteiger partial charge in [-0.05, 0) is 30.5 Å². The Labute approximate surface area is 163 Å². The number of hydrogen-bond donors (Lipinski definition) is 2. The van der Waals surface area contributed by atoms with Crippen LogP contribution in [-0.2, 0) is 4.79 Å². The zero-order valence-corrected chi connectivity index (χ0v) is 15.0. The smallest absolute Gasteiger partial charge is 0.406 e. The monoisotopic (exact) mass is 414 g/mol. The normalized spacial score (nSPS) is 15.9. The van der Waals surface area contributed by atoms with E-state index in [1.165, 1.54) is 17.0 Å². The molecule has 0 bridgehead atoms. The Kier molecular flexibility index (Phi) is 7.54. The standard InChI is InChI=1S/C19H17F3N2O3.FHO/c20-19(21,22)27-15-8-9-16(13-5-2-1-3-6-13)17(11-15)23-18(26)24-10-4-7-14(24)12-25;1-2/h1-3,5-6,8-9,11-12,14H,4,7,10H2,(H,23,26);2H/t14-;/m1./s1. The van der Waals surface area contributed by atoms with Gasteiger partial charge in [-0.1, -0.05) is 34.9 Å². The van der Waals surface area contributed by atoms with Crippen molar-refractivity contribution in [3.63, 3.8) is 0 Å². The van der Waals surface area contributed by atoms with E-state index in [1.807, 2.05) is 6.07 Å². The zero-order valence-electron chi connectivity index (χ0n) is 15.0. The molecule has 0 spiro atoms. The van der Waals surface area contributed by atoms with E-state index in [0.29, 0.717) is 31.2 Å². The van der Waals surface area contributed by atoms with Crippen molar-refractivity contribution in [3.8, 4) is 16.9 Å². The van der Waals surface area contributed by atoms with Gasteiger partial charge < -0.3 is 19.7 Å². The number of carbonyl (C=O) groups excluding carboxylic acids is 2. The third kappa shape index (κ3) is 5.92. The number of hydrogen-bond acceptors (Lipinski definition) is 4. The Morgan fingerprint density at radius 3 is 2.48 bits per heavy atom. The van der Waals surface area contributed by atoms with Crippen LogP contribution in [0.15, 0.2) is 48.5 Å². The first kappa shape index (κ1) is 22.2. The molecule has 0 unspecified atom stereocenters. The van der Waals surface area contributed by atoms with E-state index in [0.717, 1.165) is 11.6 Å². The maximum atomic E-state index is 12.6. The van der Waals surface area contributed by atoms with Crippen molar-refractivity contribution in [1.29, 1.82) is 0 Å². The molecule has 2 N–H and O–H groups in total. The summed E-state index contributed by atoms with van der Waals surface area (Å²) in [5.74, 6) is -0.439. The molecule has 3 rings (SSSR count). The minimum atomic E-state index is -4.84. The first-order valence-electron chi connectivity index (χ1n) is 8.52. The van der Waals surface area contributed by atoms with Crippen LogP contribution in [0.5, 0.6) is 5.75 Å². The Morgan fingerprint density at radius 2 is 1.86 bits per heavy atom. The highest BCUT2D eigenvalue weighted by molar-refractivity contribution is 5.96. The molecule has 2 aromatic carbocycles. The van der Waals surface area contributed by atoms with Gasteiger partial charge >= 0.3 is 12.4 Å². The first-order valence-corrected chi connectivity index (χ1v) is 8.52. The summed E-state index contributed by atoms with van der Waals surface area (Å²) < 4.78 is 50.1. The molecule has 10 heteroatoms. The molecular formula is C19H18F4N2O4. The molecule has 29 heavy (non-hydrogen) atoms. The molecule has 1 heterocycles. The Bertz CT molecular complexity index is 831. The number of anilines is 1. The third-order valence-electron chi connectivity index (χ3n) is 4.27. The molecule has 2 aromatic rings. The number of alkyl halides is 3. The number of nitrogens with zero attached hydrogens (tertiary/aromatic N) is 1. The van der Waals surface area contributed by atoms with E-state index in [1.54, 1.807) is 24.3 Å². The number of nitrogens with one attached hydrogen (secondary N) is 1. The number of ether oxygens (including phenoxy) is 1. The quantitative estimate of drug-likeness (QED) is 0.577. The summed E-state index contributed by atoms with van der Waals surface area (Å²) >= 11 is 0. The summed E-state index contributed by atoms with van der Waals surface area (Å²) in [6.45, 7) is 0.411. The largest absolute Gasteiger partial charge is 0.573 e. The molecule has 2 amide bonds. The van der Waals surface area contributed by atoms with Gasteiger partial charge in [-0.3, -0.25) is 0 Å². The Hall–Kier alpha value is -3.14. The molecule has 0 radical (unpaired) electrons. The lowest BCUT2D eigenvalue weighted by molar-refractivity contribution is -0.274. The minimum absolute atomic E-state index is 0.171. The molecule has 1 atom stereocenters. The van der Waals surface area contributed by atoms with E-state index in [4.69, 9.17) is 9.84 Å². The molecule has 1 aliphatic heterocycles. The SMILES string of the molecule is O=C[C@H]1CCCN1C(=O)Nc1cc(OC(F)(F)F)ccc1-c1ccccc1.OF. The summed E-state index contributed by atoms with van der Waals surface area (Å²) in [5.41, 5.74) is 1.43. The van der Waals surface area contributed by atoms with Crippen LogP contribution in [0.2, 0.25) is 0 Å². The van der Waals surface area contributed by atoms with Crippen LogP contribution in [-0.4, -0.2) is 41.5 Å². The van der Waals surface area contributed by atoms with Gasteiger partial charge in [0.15, 0.2) is 0 Å². The van der Waals surface area contributed by atoms with E-state index in [9.17, 15) is 22.8 Å². The van der Waals surface area contributed by atoms with E-state index >= 15 is 0 Å². The van der Waals surface area contributed by atoms with Crippen LogP contribution in [0.4, 0.5) is 28.2 Å². The second-order valence-corrected chi connectivity index (χ2v) is 6.09. The van der Waals surface area contributed by atoms with Crippen molar-refractivity contribution in [2.75, 3.05) is 11.9 Å². The van der Waals surface area contributed by atoms with Gasteiger partial charge in [0.2, 0.25) is 0 Å². The fourth-order valence-electron chi connectivity index (χ4n) is 3.07. The molecule has 0 aromatic heterocycles. The maximum absolute atomic E-state index is 12.6. The van der Waals surface area contributed by atoms with Crippen LogP contribution >= 0.6 is 0 Å². The van der Waals surface area contributed by atoms with Gasteiger partial charge in [0, 0.05) is 18.2 Å². The lowest BCUT2D eigenvalue weighted by Crippen LogP contribution is -2.39.